The van der Waals surface area contributed by atoms with E-state index in [4.69, 9.17) is 5.73 Å². The second kappa shape index (κ2) is 5.74. The second-order valence-corrected chi connectivity index (χ2v) is 5.65. The zero-order valence-electron chi connectivity index (χ0n) is 10.7. The van der Waals surface area contributed by atoms with Gasteiger partial charge >= 0.3 is 0 Å². The van der Waals surface area contributed by atoms with Gasteiger partial charge in [0.15, 0.2) is 0 Å². The van der Waals surface area contributed by atoms with Crippen molar-refractivity contribution >= 4 is 27.5 Å². The number of benzene rings is 1. The van der Waals surface area contributed by atoms with Crippen molar-refractivity contribution in [3.05, 3.63) is 28.2 Å². The first kappa shape index (κ1) is 13.4. The highest BCUT2D eigenvalue weighted by molar-refractivity contribution is 9.10. The van der Waals surface area contributed by atoms with Gasteiger partial charge in [-0.15, -0.1) is 0 Å². The molecular formula is C14H19BrN2O. The number of likely N-dealkylation sites (tertiary alicyclic amines) is 1. The zero-order chi connectivity index (χ0) is 13.1. The van der Waals surface area contributed by atoms with E-state index in [1.165, 1.54) is 6.42 Å². The number of anilines is 1. The molecule has 1 saturated heterocycles. The zero-order valence-corrected chi connectivity index (χ0v) is 12.2. The van der Waals surface area contributed by atoms with Crippen LogP contribution >= 0.6 is 15.9 Å². The summed E-state index contributed by atoms with van der Waals surface area (Å²) in [6, 6.07) is 5.77. The van der Waals surface area contributed by atoms with Crippen LogP contribution in [0, 0.1) is 0 Å². The van der Waals surface area contributed by atoms with Gasteiger partial charge in [-0.2, -0.15) is 0 Å². The second-order valence-electron chi connectivity index (χ2n) is 4.80. The summed E-state index contributed by atoms with van der Waals surface area (Å²) in [7, 11) is 0. The summed E-state index contributed by atoms with van der Waals surface area (Å²) < 4.78 is 0.821. The van der Waals surface area contributed by atoms with Crippen LogP contribution < -0.4 is 5.73 Å². The van der Waals surface area contributed by atoms with E-state index in [9.17, 15) is 4.79 Å². The molecule has 18 heavy (non-hydrogen) atoms. The molecule has 0 aromatic heterocycles. The average Bonchev–Trinajstić information content (AvgIpc) is 2.40. The molecule has 2 N–H and O–H groups in total. The summed E-state index contributed by atoms with van der Waals surface area (Å²) in [4.78, 5) is 14.6. The third-order valence-electron chi connectivity index (χ3n) is 3.58. The van der Waals surface area contributed by atoms with Crippen molar-refractivity contribution in [1.29, 1.82) is 0 Å². The molecule has 1 heterocycles. The number of carbonyl (C=O) groups is 1. The molecule has 1 atom stereocenters. The van der Waals surface area contributed by atoms with Crippen LogP contribution in [-0.2, 0) is 0 Å². The third kappa shape index (κ3) is 2.69. The molecule has 4 heteroatoms. The lowest BCUT2D eigenvalue weighted by molar-refractivity contribution is 0.0607. The number of carbonyl (C=O) groups excluding carboxylic acids is 1. The number of amides is 1. The molecule has 1 aromatic carbocycles. The van der Waals surface area contributed by atoms with E-state index < -0.39 is 0 Å². The molecule has 2 rings (SSSR count). The van der Waals surface area contributed by atoms with Crippen molar-refractivity contribution in [2.75, 3.05) is 12.3 Å². The van der Waals surface area contributed by atoms with Crippen LogP contribution in [0.4, 0.5) is 5.69 Å². The molecule has 1 unspecified atom stereocenters. The standard InChI is InChI=1S/C14H19BrN2O/c1-2-11-5-3-4-8-17(11)14(18)12-9-10(16)6-7-13(12)15/h6-7,9,11H,2-5,8,16H2,1H3. The predicted molar refractivity (Wildman–Crippen MR) is 77.5 cm³/mol. The van der Waals surface area contributed by atoms with E-state index in [1.807, 2.05) is 11.0 Å². The minimum atomic E-state index is 0.0979. The molecular weight excluding hydrogens is 292 g/mol. The van der Waals surface area contributed by atoms with Gasteiger partial charge in [0.25, 0.3) is 5.91 Å². The first-order chi connectivity index (χ1) is 8.63. The fourth-order valence-corrected chi connectivity index (χ4v) is 2.97. The van der Waals surface area contributed by atoms with E-state index in [0.29, 0.717) is 17.3 Å². The summed E-state index contributed by atoms with van der Waals surface area (Å²) >= 11 is 3.44. The minimum Gasteiger partial charge on any atom is -0.399 e. The lowest BCUT2D eigenvalue weighted by atomic mass is 9.99. The van der Waals surface area contributed by atoms with Gasteiger partial charge in [-0.05, 0) is 59.8 Å². The number of nitrogen functional groups attached to an aromatic ring is 1. The molecule has 1 aliphatic heterocycles. The Morgan fingerprint density at radius 1 is 1.50 bits per heavy atom. The SMILES string of the molecule is CCC1CCCCN1C(=O)c1cc(N)ccc1Br. The highest BCUT2D eigenvalue weighted by Gasteiger charge is 2.27. The Labute approximate surface area is 116 Å². The van der Waals surface area contributed by atoms with Gasteiger partial charge in [-0.1, -0.05) is 6.92 Å². The predicted octanol–water partition coefficient (Wildman–Crippen LogP) is 3.44. The van der Waals surface area contributed by atoms with Gasteiger partial charge in [-0.3, -0.25) is 4.79 Å². The van der Waals surface area contributed by atoms with Crippen LogP contribution in [0.25, 0.3) is 0 Å². The van der Waals surface area contributed by atoms with E-state index in [2.05, 4.69) is 22.9 Å². The lowest BCUT2D eigenvalue weighted by Gasteiger charge is -2.35. The Balaban J connectivity index is 2.26. The van der Waals surface area contributed by atoms with Crippen molar-refractivity contribution in [1.82, 2.24) is 4.90 Å². The van der Waals surface area contributed by atoms with Gasteiger partial charge in [0, 0.05) is 22.7 Å². The maximum absolute atomic E-state index is 12.6. The molecule has 1 aromatic rings. The third-order valence-corrected chi connectivity index (χ3v) is 4.27. The summed E-state index contributed by atoms with van der Waals surface area (Å²) in [5.74, 6) is 0.0979. The summed E-state index contributed by atoms with van der Waals surface area (Å²) in [5.41, 5.74) is 7.08. The number of piperidine rings is 1. The summed E-state index contributed by atoms with van der Waals surface area (Å²) in [6.45, 7) is 3.00. The van der Waals surface area contributed by atoms with Crippen molar-refractivity contribution in [3.63, 3.8) is 0 Å². The van der Waals surface area contributed by atoms with Crippen molar-refractivity contribution in [2.45, 2.75) is 38.6 Å². The topological polar surface area (TPSA) is 46.3 Å². The number of hydrogen-bond donors (Lipinski definition) is 1. The highest BCUT2D eigenvalue weighted by Crippen LogP contribution is 2.26. The first-order valence-corrected chi connectivity index (χ1v) is 7.28. The largest absolute Gasteiger partial charge is 0.399 e. The molecule has 0 aliphatic carbocycles. The Kier molecular flexibility index (Phi) is 4.27. The first-order valence-electron chi connectivity index (χ1n) is 6.49. The fourth-order valence-electron chi connectivity index (χ4n) is 2.55. The van der Waals surface area contributed by atoms with Gasteiger partial charge in [-0.25, -0.2) is 0 Å². The van der Waals surface area contributed by atoms with Crippen LogP contribution in [-0.4, -0.2) is 23.4 Å². The molecule has 0 bridgehead atoms. The molecule has 0 radical (unpaired) electrons. The smallest absolute Gasteiger partial charge is 0.255 e. The Bertz CT molecular complexity index is 447. The lowest BCUT2D eigenvalue weighted by Crippen LogP contribution is -2.43. The molecule has 1 aliphatic rings. The molecule has 98 valence electrons. The van der Waals surface area contributed by atoms with Crippen LogP contribution in [0.2, 0.25) is 0 Å². The quantitative estimate of drug-likeness (QED) is 0.851. The Hall–Kier alpha value is -1.03. The summed E-state index contributed by atoms with van der Waals surface area (Å²) in [6.07, 6.45) is 4.45. The van der Waals surface area contributed by atoms with Crippen molar-refractivity contribution < 1.29 is 4.79 Å². The van der Waals surface area contributed by atoms with Gasteiger partial charge in [0.05, 0.1) is 5.56 Å². The van der Waals surface area contributed by atoms with Crippen LogP contribution in [0.1, 0.15) is 43.0 Å². The van der Waals surface area contributed by atoms with Crippen LogP contribution in [0.3, 0.4) is 0 Å². The average molecular weight is 311 g/mol. The normalized spacial score (nSPS) is 19.9. The van der Waals surface area contributed by atoms with Gasteiger partial charge in [0.1, 0.15) is 0 Å². The van der Waals surface area contributed by atoms with Crippen LogP contribution in [0.15, 0.2) is 22.7 Å². The Morgan fingerprint density at radius 3 is 3.00 bits per heavy atom. The maximum Gasteiger partial charge on any atom is 0.255 e. The number of nitrogens with zero attached hydrogens (tertiary/aromatic N) is 1. The van der Waals surface area contributed by atoms with E-state index >= 15 is 0 Å². The Morgan fingerprint density at radius 2 is 2.28 bits per heavy atom. The molecule has 3 nitrogen and oxygen atoms in total. The molecule has 0 saturated carbocycles. The number of rotatable bonds is 2. The van der Waals surface area contributed by atoms with E-state index in [1.54, 1.807) is 12.1 Å². The minimum absolute atomic E-state index is 0.0979. The van der Waals surface area contributed by atoms with Gasteiger partial charge < -0.3 is 10.6 Å². The summed E-state index contributed by atoms with van der Waals surface area (Å²) in [5, 5.41) is 0. The maximum atomic E-state index is 12.6. The van der Waals surface area contributed by atoms with Crippen LogP contribution in [0.5, 0.6) is 0 Å². The number of nitrogens with two attached hydrogens (primary N) is 1. The highest BCUT2D eigenvalue weighted by atomic mass is 79.9. The van der Waals surface area contributed by atoms with Gasteiger partial charge in [0.2, 0.25) is 0 Å². The molecule has 1 fully saturated rings. The van der Waals surface area contributed by atoms with E-state index in [0.717, 1.165) is 30.3 Å². The molecule has 0 spiro atoms. The number of hydrogen-bond acceptors (Lipinski definition) is 2. The monoisotopic (exact) mass is 310 g/mol. The number of halogens is 1. The van der Waals surface area contributed by atoms with Crippen molar-refractivity contribution in [2.24, 2.45) is 0 Å². The van der Waals surface area contributed by atoms with E-state index in [-0.39, 0.29) is 5.91 Å². The fraction of sp³-hybridized carbons (Fsp3) is 0.500. The van der Waals surface area contributed by atoms with Crippen molar-refractivity contribution in [3.8, 4) is 0 Å². The molecule has 1 amide bonds.